The Bertz CT molecular complexity index is 652. The lowest BCUT2D eigenvalue weighted by Gasteiger charge is -2.19. The van der Waals surface area contributed by atoms with Gasteiger partial charge < -0.3 is 0 Å². The Labute approximate surface area is 152 Å². The molecule has 2 nitrogen and oxygen atoms in total. The van der Waals surface area contributed by atoms with Crippen LogP contribution in [0.2, 0.25) is 0 Å². The normalized spacial score (nSPS) is 14.2. The van der Waals surface area contributed by atoms with Gasteiger partial charge in [-0.05, 0) is 32.8 Å². The maximum Gasteiger partial charge on any atom is 0.190 e. The van der Waals surface area contributed by atoms with Gasteiger partial charge in [-0.25, -0.2) is 0 Å². The average Bonchev–Trinajstić information content (AvgIpc) is 2.61. The molecule has 25 heavy (non-hydrogen) atoms. The zero-order valence-electron chi connectivity index (χ0n) is 16.1. The summed E-state index contributed by atoms with van der Waals surface area (Å²) in [6, 6.07) is 5.56. The lowest BCUT2D eigenvalue weighted by molar-refractivity contribution is 0.0971. The van der Waals surface area contributed by atoms with Crippen LogP contribution in [0.1, 0.15) is 104 Å². The van der Waals surface area contributed by atoms with Crippen molar-refractivity contribution in [2.45, 2.75) is 85.0 Å². The number of ketones is 2. The van der Waals surface area contributed by atoms with Gasteiger partial charge in [-0.15, -0.1) is 0 Å². The Morgan fingerprint density at radius 2 is 1.32 bits per heavy atom. The van der Waals surface area contributed by atoms with Gasteiger partial charge in [0.05, 0.1) is 0 Å². The summed E-state index contributed by atoms with van der Waals surface area (Å²) in [6.07, 6.45) is 12.1. The Hall–Kier alpha value is -1.70. The topological polar surface area (TPSA) is 34.1 Å². The number of allylic oxidation sites excluding steroid dienone is 2. The molecule has 1 aromatic carbocycles. The molecule has 0 saturated heterocycles. The van der Waals surface area contributed by atoms with Gasteiger partial charge in [0, 0.05) is 22.3 Å². The van der Waals surface area contributed by atoms with Crippen LogP contribution in [0.5, 0.6) is 0 Å². The van der Waals surface area contributed by atoms with Crippen LogP contribution in [0.3, 0.4) is 0 Å². The molecule has 0 N–H and O–H groups in total. The molecule has 0 saturated carbocycles. The van der Waals surface area contributed by atoms with Gasteiger partial charge in [0.2, 0.25) is 0 Å². The smallest absolute Gasteiger partial charge is 0.190 e. The number of rotatable bonds is 10. The van der Waals surface area contributed by atoms with Crippen molar-refractivity contribution in [3.05, 3.63) is 46.0 Å². The highest BCUT2D eigenvalue weighted by Gasteiger charge is 2.29. The SMILES string of the molecule is CCCCCCCCCCCC1=C(C)C(=O)c2ccc(C)cc2C1=O. The highest BCUT2D eigenvalue weighted by molar-refractivity contribution is 6.26. The van der Waals surface area contributed by atoms with Crippen molar-refractivity contribution < 1.29 is 9.59 Å². The van der Waals surface area contributed by atoms with Crippen molar-refractivity contribution in [2.75, 3.05) is 0 Å². The Balaban J connectivity index is 1.83. The second-order valence-electron chi connectivity index (χ2n) is 7.39. The van der Waals surface area contributed by atoms with Gasteiger partial charge in [-0.1, -0.05) is 76.0 Å². The minimum absolute atomic E-state index is 0.0283. The largest absolute Gasteiger partial charge is 0.289 e. The van der Waals surface area contributed by atoms with Crippen molar-refractivity contribution in [1.29, 1.82) is 0 Å². The molecule has 0 spiro atoms. The van der Waals surface area contributed by atoms with Crippen molar-refractivity contribution in [1.82, 2.24) is 0 Å². The van der Waals surface area contributed by atoms with E-state index in [2.05, 4.69) is 6.92 Å². The van der Waals surface area contributed by atoms with Crippen molar-refractivity contribution in [3.8, 4) is 0 Å². The van der Waals surface area contributed by atoms with Crippen molar-refractivity contribution in [3.63, 3.8) is 0 Å². The fourth-order valence-electron chi connectivity index (χ4n) is 3.63. The third-order valence-electron chi connectivity index (χ3n) is 5.26. The number of aryl methyl sites for hydroxylation is 1. The first-order chi connectivity index (χ1) is 12.1. The lowest BCUT2D eigenvalue weighted by atomic mass is 9.82. The molecule has 0 fully saturated rings. The van der Waals surface area contributed by atoms with Crippen LogP contribution in [0.4, 0.5) is 0 Å². The zero-order chi connectivity index (χ0) is 18.2. The summed E-state index contributed by atoms with van der Waals surface area (Å²) in [5.74, 6) is 0.0934. The second kappa shape index (κ2) is 9.70. The van der Waals surface area contributed by atoms with E-state index in [0.29, 0.717) is 16.7 Å². The highest BCUT2D eigenvalue weighted by Crippen LogP contribution is 2.29. The summed E-state index contributed by atoms with van der Waals surface area (Å²) < 4.78 is 0. The van der Waals surface area contributed by atoms with Crippen LogP contribution in [0.25, 0.3) is 0 Å². The van der Waals surface area contributed by atoms with E-state index in [1.54, 1.807) is 6.07 Å². The van der Waals surface area contributed by atoms with Crippen LogP contribution in [-0.4, -0.2) is 11.6 Å². The quantitative estimate of drug-likeness (QED) is 0.449. The van der Waals surface area contributed by atoms with E-state index in [-0.39, 0.29) is 11.6 Å². The molecular weight excluding hydrogens is 308 g/mol. The molecule has 0 aromatic heterocycles. The summed E-state index contributed by atoms with van der Waals surface area (Å²) in [4.78, 5) is 25.3. The zero-order valence-corrected chi connectivity index (χ0v) is 16.1. The summed E-state index contributed by atoms with van der Waals surface area (Å²) in [5, 5.41) is 0. The number of carbonyl (C=O) groups excluding carboxylic acids is 2. The maximum atomic E-state index is 12.8. The van der Waals surface area contributed by atoms with Crippen molar-refractivity contribution >= 4 is 11.6 Å². The first-order valence-electron chi connectivity index (χ1n) is 9.96. The van der Waals surface area contributed by atoms with Crippen LogP contribution in [-0.2, 0) is 0 Å². The molecule has 0 aliphatic heterocycles. The molecule has 136 valence electrons. The van der Waals surface area contributed by atoms with Crippen LogP contribution in [0, 0.1) is 6.92 Å². The van der Waals surface area contributed by atoms with Crippen LogP contribution >= 0.6 is 0 Å². The Morgan fingerprint density at radius 3 is 1.96 bits per heavy atom. The van der Waals surface area contributed by atoms with E-state index in [4.69, 9.17) is 0 Å². The molecule has 0 amide bonds. The van der Waals surface area contributed by atoms with Gasteiger partial charge in [-0.3, -0.25) is 9.59 Å². The molecule has 1 aromatic rings. The molecule has 2 heteroatoms. The molecule has 0 bridgehead atoms. The summed E-state index contributed by atoms with van der Waals surface area (Å²) in [5.41, 5.74) is 3.60. The first-order valence-corrected chi connectivity index (χ1v) is 9.96. The Morgan fingerprint density at radius 1 is 0.720 bits per heavy atom. The average molecular weight is 341 g/mol. The third kappa shape index (κ3) is 5.14. The number of unbranched alkanes of at least 4 members (excludes halogenated alkanes) is 8. The maximum absolute atomic E-state index is 12.8. The molecule has 0 heterocycles. The highest BCUT2D eigenvalue weighted by atomic mass is 16.1. The van der Waals surface area contributed by atoms with Gasteiger partial charge in [-0.2, -0.15) is 0 Å². The van der Waals surface area contributed by atoms with Gasteiger partial charge >= 0.3 is 0 Å². The fraction of sp³-hybridized carbons (Fsp3) is 0.565. The first kappa shape index (κ1) is 19.6. The van der Waals surface area contributed by atoms with E-state index in [9.17, 15) is 9.59 Å². The van der Waals surface area contributed by atoms with E-state index < -0.39 is 0 Å². The standard InChI is InChI=1S/C23H32O2/c1-4-5-6-7-8-9-10-11-12-13-19-18(3)22(24)20-15-14-17(2)16-21(20)23(19)25/h14-16H,4-13H2,1-3H3. The Kier molecular flexibility index (Phi) is 7.61. The van der Waals surface area contributed by atoms with Crippen molar-refractivity contribution in [2.24, 2.45) is 0 Å². The number of fused-ring (bicyclic) bond motifs is 1. The molecule has 0 radical (unpaired) electrons. The van der Waals surface area contributed by atoms with Gasteiger partial charge in [0.25, 0.3) is 0 Å². The van der Waals surface area contributed by atoms with E-state index in [1.165, 1.54) is 44.9 Å². The number of Topliss-reactive ketones (excluding diaryl/α,β-unsaturated/α-hetero) is 2. The fourth-order valence-corrected chi connectivity index (χ4v) is 3.63. The van der Waals surface area contributed by atoms with Crippen LogP contribution in [0.15, 0.2) is 29.3 Å². The predicted octanol–water partition coefficient (Wildman–Crippen LogP) is 6.61. The second-order valence-corrected chi connectivity index (χ2v) is 7.39. The summed E-state index contributed by atoms with van der Waals surface area (Å²) >= 11 is 0. The molecule has 2 rings (SSSR count). The molecule has 1 aliphatic carbocycles. The number of hydrogen-bond acceptors (Lipinski definition) is 2. The molecular formula is C23H32O2. The lowest BCUT2D eigenvalue weighted by Crippen LogP contribution is -2.21. The number of hydrogen-bond donors (Lipinski definition) is 0. The number of carbonyl (C=O) groups is 2. The molecule has 0 atom stereocenters. The minimum atomic E-state index is 0.0283. The van der Waals surface area contributed by atoms with E-state index >= 15 is 0 Å². The molecule has 0 unspecified atom stereocenters. The summed E-state index contributed by atoms with van der Waals surface area (Å²) in [7, 11) is 0. The number of benzene rings is 1. The van der Waals surface area contributed by atoms with E-state index in [1.807, 2.05) is 26.0 Å². The predicted molar refractivity (Wildman–Crippen MR) is 104 cm³/mol. The minimum Gasteiger partial charge on any atom is -0.289 e. The third-order valence-corrected chi connectivity index (χ3v) is 5.26. The van der Waals surface area contributed by atoms with E-state index in [0.717, 1.165) is 30.4 Å². The van der Waals surface area contributed by atoms with Crippen LogP contribution < -0.4 is 0 Å². The monoisotopic (exact) mass is 340 g/mol. The summed E-state index contributed by atoms with van der Waals surface area (Å²) in [6.45, 7) is 6.02. The van der Waals surface area contributed by atoms with Gasteiger partial charge in [0.15, 0.2) is 11.6 Å². The van der Waals surface area contributed by atoms with Gasteiger partial charge in [0.1, 0.15) is 0 Å². The molecule has 1 aliphatic rings.